The summed E-state index contributed by atoms with van der Waals surface area (Å²) >= 11 is 3.48. The third kappa shape index (κ3) is 4.82. The molecule has 0 bridgehead atoms. The van der Waals surface area contributed by atoms with Crippen molar-refractivity contribution in [2.24, 2.45) is 10.9 Å². The van der Waals surface area contributed by atoms with Crippen LogP contribution in [0.25, 0.3) is 0 Å². The predicted octanol–water partition coefficient (Wildman–Crippen LogP) is 3.31. The monoisotopic (exact) mass is 376 g/mol. The van der Waals surface area contributed by atoms with Gasteiger partial charge in [0.2, 0.25) is 0 Å². The van der Waals surface area contributed by atoms with Crippen LogP contribution in [0.3, 0.4) is 0 Å². The Labute approximate surface area is 143 Å². The summed E-state index contributed by atoms with van der Waals surface area (Å²) in [6, 6.07) is 12.7. The van der Waals surface area contributed by atoms with E-state index in [1.165, 1.54) is 0 Å². The minimum absolute atomic E-state index is 0.134. The first-order valence-electron chi connectivity index (χ1n) is 6.95. The molecule has 2 N–H and O–H groups in total. The summed E-state index contributed by atoms with van der Waals surface area (Å²) in [4.78, 5) is 16.4. The van der Waals surface area contributed by atoms with E-state index in [2.05, 4.69) is 21.1 Å². The zero-order chi connectivity index (χ0) is 16.8. The van der Waals surface area contributed by atoms with Crippen LogP contribution in [0, 0.1) is 13.8 Å². The molecule has 0 aliphatic heterocycles. The zero-order valence-corrected chi connectivity index (χ0v) is 14.5. The van der Waals surface area contributed by atoms with Crippen molar-refractivity contribution in [2.75, 3.05) is 6.61 Å². The molecule has 0 spiro atoms. The number of benzene rings is 2. The number of carbonyl (C=O) groups is 1. The van der Waals surface area contributed by atoms with E-state index in [0.717, 1.165) is 15.6 Å². The van der Waals surface area contributed by atoms with Gasteiger partial charge < -0.3 is 15.3 Å². The van der Waals surface area contributed by atoms with Crippen LogP contribution < -0.4 is 10.5 Å². The molecule has 2 aromatic rings. The molecule has 5 nitrogen and oxygen atoms in total. The third-order valence-corrected chi connectivity index (χ3v) is 4.33. The molecule has 0 amide bonds. The number of ether oxygens (including phenoxy) is 1. The van der Waals surface area contributed by atoms with Crippen LogP contribution in [-0.2, 0) is 9.63 Å². The lowest BCUT2D eigenvalue weighted by Gasteiger charge is -2.09. The van der Waals surface area contributed by atoms with E-state index >= 15 is 0 Å². The molecule has 0 radical (unpaired) electrons. The SMILES string of the molecule is Cc1cc(OCC(=O)O/N=C(/N)c2ccccc2)cc(C)c1Br. The largest absolute Gasteiger partial charge is 0.482 e. The van der Waals surface area contributed by atoms with Crippen LogP contribution >= 0.6 is 15.9 Å². The van der Waals surface area contributed by atoms with Gasteiger partial charge in [0, 0.05) is 10.0 Å². The highest BCUT2D eigenvalue weighted by Gasteiger charge is 2.08. The highest BCUT2D eigenvalue weighted by molar-refractivity contribution is 9.10. The van der Waals surface area contributed by atoms with Crippen LogP contribution in [0.1, 0.15) is 16.7 Å². The lowest BCUT2D eigenvalue weighted by atomic mass is 10.1. The Bertz CT molecular complexity index is 707. The summed E-state index contributed by atoms with van der Waals surface area (Å²) in [5.41, 5.74) is 8.47. The molecule has 6 heteroatoms. The maximum atomic E-state index is 11.7. The second-order valence-electron chi connectivity index (χ2n) is 4.97. The zero-order valence-electron chi connectivity index (χ0n) is 12.9. The highest BCUT2D eigenvalue weighted by Crippen LogP contribution is 2.26. The van der Waals surface area contributed by atoms with Crippen molar-refractivity contribution in [1.29, 1.82) is 0 Å². The number of rotatable bonds is 5. The fourth-order valence-electron chi connectivity index (χ4n) is 1.92. The molecule has 0 saturated heterocycles. The van der Waals surface area contributed by atoms with Crippen molar-refractivity contribution in [1.82, 2.24) is 0 Å². The maximum Gasteiger partial charge on any atom is 0.372 e. The molecule has 0 atom stereocenters. The molecule has 0 saturated carbocycles. The molecule has 2 rings (SSSR count). The molecule has 23 heavy (non-hydrogen) atoms. The first-order chi connectivity index (χ1) is 11.0. The van der Waals surface area contributed by atoms with E-state index in [-0.39, 0.29) is 12.4 Å². The van der Waals surface area contributed by atoms with Crippen molar-refractivity contribution in [2.45, 2.75) is 13.8 Å². The Morgan fingerprint density at radius 1 is 1.17 bits per heavy atom. The predicted molar refractivity (Wildman–Crippen MR) is 92.4 cm³/mol. The van der Waals surface area contributed by atoms with Crippen molar-refractivity contribution in [3.63, 3.8) is 0 Å². The van der Waals surface area contributed by atoms with Gasteiger partial charge in [0.05, 0.1) is 0 Å². The van der Waals surface area contributed by atoms with Gasteiger partial charge in [-0.3, -0.25) is 0 Å². The van der Waals surface area contributed by atoms with Gasteiger partial charge in [0.1, 0.15) is 5.75 Å². The first-order valence-corrected chi connectivity index (χ1v) is 7.75. The molecular formula is C17H17BrN2O3. The van der Waals surface area contributed by atoms with Gasteiger partial charge in [-0.05, 0) is 37.1 Å². The standard InChI is InChI=1S/C17H17BrN2O3/c1-11-8-14(9-12(2)16(11)18)22-10-15(21)23-20-17(19)13-6-4-3-5-7-13/h3-9H,10H2,1-2H3,(H2,19,20). The van der Waals surface area contributed by atoms with Crippen LogP contribution in [0.4, 0.5) is 0 Å². The molecule has 2 aromatic carbocycles. The number of aryl methyl sites for hydroxylation is 2. The lowest BCUT2D eigenvalue weighted by molar-refractivity contribution is -0.146. The molecular weight excluding hydrogens is 360 g/mol. The minimum Gasteiger partial charge on any atom is -0.482 e. The number of amidine groups is 1. The number of carbonyl (C=O) groups excluding carboxylic acids is 1. The fourth-order valence-corrected chi connectivity index (χ4v) is 2.15. The Hall–Kier alpha value is -2.34. The van der Waals surface area contributed by atoms with Gasteiger partial charge in [-0.1, -0.05) is 51.4 Å². The molecule has 0 unspecified atom stereocenters. The average molecular weight is 377 g/mol. The molecule has 0 aliphatic rings. The summed E-state index contributed by atoms with van der Waals surface area (Å²) in [7, 11) is 0. The van der Waals surface area contributed by atoms with E-state index < -0.39 is 5.97 Å². The van der Waals surface area contributed by atoms with Crippen molar-refractivity contribution >= 4 is 27.7 Å². The summed E-state index contributed by atoms with van der Waals surface area (Å²) < 4.78 is 6.44. The van der Waals surface area contributed by atoms with Gasteiger partial charge >= 0.3 is 5.97 Å². The third-order valence-electron chi connectivity index (χ3n) is 3.08. The summed E-state index contributed by atoms with van der Waals surface area (Å²) in [6.45, 7) is 3.66. The fraction of sp³-hybridized carbons (Fsp3) is 0.176. The quantitative estimate of drug-likeness (QED) is 0.376. The normalized spacial score (nSPS) is 11.2. The second-order valence-corrected chi connectivity index (χ2v) is 5.76. The van der Waals surface area contributed by atoms with E-state index in [0.29, 0.717) is 11.3 Å². The number of nitrogens with zero attached hydrogens (tertiary/aromatic N) is 1. The Balaban J connectivity index is 1.91. The van der Waals surface area contributed by atoms with Crippen LogP contribution in [0.15, 0.2) is 52.1 Å². The topological polar surface area (TPSA) is 73.9 Å². The highest BCUT2D eigenvalue weighted by atomic mass is 79.9. The van der Waals surface area contributed by atoms with Crippen LogP contribution in [-0.4, -0.2) is 18.4 Å². The molecule has 0 heterocycles. The van der Waals surface area contributed by atoms with E-state index in [9.17, 15) is 4.79 Å². The first kappa shape index (κ1) is 17.0. The van der Waals surface area contributed by atoms with E-state index in [4.69, 9.17) is 15.3 Å². The molecule has 0 aliphatic carbocycles. The van der Waals surface area contributed by atoms with Crippen LogP contribution in [0.5, 0.6) is 5.75 Å². The maximum absolute atomic E-state index is 11.7. The van der Waals surface area contributed by atoms with Crippen LogP contribution in [0.2, 0.25) is 0 Å². The number of nitrogens with two attached hydrogens (primary N) is 1. The Morgan fingerprint density at radius 3 is 2.39 bits per heavy atom. The van der Waals surface area contributed by atoms with Crippen molar-refractivity contribution < 1.29 is 14.4 Å². The molecule has 0 aromatic heterocycles. The minimum atomic E-state index is -0.623. The summed E-state index contributed by atoms with van der Waals surface area (Å²) in [6.07, 6.45) is 0. The molecule has 0 fully saturated rings. The average Bonchev–Trinajstić information content (AvgIpc) is 2.56. The summed E-state index contributed by atoms with van der Waals surface area (Å²) in [5.74, 6) is 0.108. The van der Waals surface area contributed by atoms with Crippen molar-refractivity contribution in [3.05, 3.63) is 63.6 Å². The van der Waals surface area contributed by atoms with Gasteiger partial charge in [-0.15, -0.1) is 0 Å². The number of hydrogen-bond acceptors (Lipinski definition) is 4. The van der Waals surface area contributed by atoms with E-state index in [1.54, 1.807) is 12.1 Å². The smallest absolute Gasteiger partial charge is 0.372 e. The second kappa shape index (κ2) is 7.78. The van der Waals surface area contributed by atoms with Crippen molar-refractivity contribution in [3.8, 4) is 5.75 Å². The lowest BCUT2D eigenvalue weighted by Crippen LogP contribution is -2.18. The van der Waals surface area contributed by atoms with Gasteiger partial charge in [0.25, 0.3) is 0 Å². The van der Waals surface area contributed by atoms with Gasteiger partial charge in [0.15, 0.2) is 12.4 Å². The Morgan fingerprint density at radius 2 is 1.78 bits per heavy atom. The molecule has 120 valence electrons. The number of oxime groups is 1. The van der Waals surface area contributed by atoms with Gasteiger partial charge in [-0.2, -0.15) is 0 Å². The number of halogens is 1. The Kier molecular flexibility index (Phi) is 5.76. The number of hydrogen-bond donors (Lipinski definition) is 1. The summed E-state index contributed by atoms with van der Waals surface area (Å²) in [5, 5.41) is 3.61. The van der Waals surface area contributed by atoms with E-state index in [1.807, 2.05) is 44.2 Å². The van der Waals surface area contributed by atoms with Gasteiger partial charge in [-0.25, -0.2) is 4.79 Å².